The maximum absolute atomic E-state index is 13.8. The molecule has 0 atom stereocenters. The Bertz CT molecular complexity index is 5780. The molecule has 6 heteroatoms. The Labute approximate surface area is 569 Å². The van der Waals surface area contributed by atoms with Crippen molar-refractivity contribution in [2.45, 2.75) is 108 Å². The minimum Gasteiger partial charge on any atom is -0.206 e. The maximum Gasteiger partial charge on any atom is 0.221 e. The Hall–Kier alpha value is -10.8. The van der Waals surface area contributed by atoms with Gasteiger partial charge in [-0.25, -0.2) is 4.39 Å². The van der Waals surface area contributed by atoms with Crippen LogP contribution in [0, 0.1) is 61.2 Å². The fraction of sp³-hybridized carbons (Fsp3) is 0.176. The van der Waals surface area contributed by atoms with Crippen LogP contribution < -0.4 is 22.8 Å². The summed E-state index contributed by atoms with van der Waals surface area (Å²) in [6.45, 7) is 26.8. The number of halogens is 1. The Balaban J connectivity index is 0.0000000952. The van der Waals surface area contributed by atoms with Crippen molar-refractivity contribution in [1.82, 2.24) is 0 Å². The summed E-state index contributed by atoms with van der Waals surface area (Å²) < 4.78 is 25.7. The first-order valence-corrected chi connectivity index (χ1v) is 34.4. The summed E-state index contributed by atoms with van der Waals surface area (Å²) in [5.74, 6) is 0.433. The largest absolute Gasteiger partial charge is 0.221 e. The van der Waals surface area contributed by atoms with Crippen LogP contribution in [0.5, 0.6) is 0 Å². The Morgan fingerprint density at radius 2 is 0.907 bits per heavy atom. The van der Waals surface area contributed by atoms with Crippen LogP contribution in [0.1, 0.15) is 97.7 Å². The van der Waals surface area contributed by atoms with Gasteiger partial charge in [0.15, 0.2) is 45.1 Å². The van der Waals surface area contributed by atoms with Gasteiger partial charge in [0.05, 0.1) is 44.0 Å². The van der Waals surface area contributed by atoms with Crippen LogP contribution in [0.3, 0.4) is 0 Å². The third-order valence-corrected chi connectivity index (χ3v) is 21.1. The van der Waals surface area contributed by atoms with Crippen molar-refractivity contribution in [3.8, 4) is 56.3 Å². The van der Waals surface area contributed by atoms with Gasteiger partial charge in [-0.1, -0.05) is 128 Å². The van der Waals surface area contributed by atoms with Gasteiger partial charge in [0.1, 0.15) is 5.82 Å². The minimum absolute atomic E-state index is 0.153. The van der Waals surface area contributed by atoms with Crippen molar-refractivity contribution in [2.75, 3.05) is 0 Å². The molecule has 0 amide bonds. The average molecular weight is 1260 g/mol. The zero-order valence-corrected chi connectivity index (χ0v) is 57.3. The highest BCUT2D eigenvalue weighted by Gasteiger charge is 2.34. The van der Waals surface area contributed by atoms with Crippen LogP contribution in [0.25, 0.3) is 111 Å². The lowest BCUT2D eigenvalue weighted by Crippen LogP contribution is -2.33. The van der Waals surface area contributed by atoms with Crippen molar-refractivity contribution in [3.63, 3.8) is 0 Å². The van der Waals surface area contributed by atoms with E-state index >= 15 is 0 Å². The standard InChI is InChI=1S/C20H20N.C19H18N.C18H16N.C17H13FN.C17H14N/c1-13(2)15-8-9-18-16(10-15)12-21-11-14(3)17-6-4-5-7-19(17)20(18)21;1-12-9-14(3)17-11-20-18-6-4-5-13(2)15(18)7-8-19(20)16(17)10-12;1-12-9-15-11-19-17-6-4-3-5-14(17)7-8-18(19)16(15)10-13(12)2;1-11-5-6-12-10-19-16-4-2-3-15(18)13(16)7-8-17(19)14(12)9-11;1-12-6-7-16-13(10-12)8-9-18-11-14-4-2-3-5-15(14)17(16)18/h4-11,13H,12H2,1-3H3;4-10H,11H2,1-3H3;3-10H,11H2,1-2H3;2-9H,10H2,1H3;2-10H,11H2,1H3/q5*+1. The van der Waals surface area contributed by atoms with Gasteiger partial charge in [-0.2, -0.15) is 22.8 Å². The molecule has 20 rings (SSSR count). The summed E-state index contributed by atoms with van der Waals surface area (Å²) in [4.78, 5) is 0. The van der Waals surface area contributed by atoms with E-state index in [0.29, 0.717) is 11.3 Å². The van der Waals surface area contributed by atoms with Gasteiger partial charge in [0.2, 0.25) is 45.0 Å². The van der Waals surface area contributed by atoms with E-state index in [0.717, 1.165) is 38.2 Å². The fourth-order valence-corrected chi connectivity index (χ4v) is 16.0. The molecular formula is C91H81FN5+5. The number of fused-ring (bicyclic) bond motifs is 25. The molecule has 0 bridgehead atoms. The zero-order valence-electron chi connectivity index (χ0n) is 57.3. The number of aryl methyl sites for hydroxylation is 8. The molecule has 0 unspecified atom stereocenters. The van der Waals surface area contributed by atoms with Crippen LogP contribution in [-0.4, -0.2) is 0 Å². The molecule has 0 saturated carbocycles. The van der Waals surface area contributed by atoms with Crippen LogP contribution >= 0.6 is 0 Å². The molecule has 10 aromatic carbocycles. The molecule has 15 aromatic rings. The molecule has 5 aliphatic heterocycles. The zero-order chi connectivity index (χ0) is 66.5. The Kier molecular flexibility index (Phi) is 15.4. The number of rotatable bonds is 1. The molecule has 0 saturated heterocycles. The van der Waals surface area contributed by atoms with Gasteiger partial charge in [-0.3, -0.25) is 0 Å². The normalized spacial score (nSPS) is 12.6. The van der Waals surface area contributed by atoms with Crippen LogP contribution in [-0.2, 0) is 32.7 Å². The number of aromatic nitrogens is 5. The second-order valence-electron chi connectivity index (χ2n) is 28.0. The summed E-state index contributed by atoms with van der Waals surface area (Å²) in [7, 11) is 0. The summed E-state index contributed by atoms with van der Waals surface area (Å²) in [6, 6.07) is 82.6. The molecule has 10 heterocycles. The molecule has 0 fully saturated rings. The predicted octanol–water partition coefficient (Wildman–Crippen LogP) is 19.5. The van der Waals surface area contributed by atoms with E-state index in [-0.39, 0.29) is 5.82 Å². The Morgan fingerprint density at radius 3 is 1.74 bits per heavy atom. The molecule has 97 heavy (non-hydrogen) atoms. The molecule has 5 aromatic heterocycles. The summed E-state index contributed by atoms with van der Waals surface area (Å²) in [5, 5.41) is 8.78. The fourth-order valence-electron chi connectivity index (χ4n) is 16.0. The second-order valence-corrected chi connectivity index (χ2v) is 28.0. The molecule has 5 nitrogen and oxygen atoms in total. The summed E-state index contributed by atoms with van der Waals surface area (Å²) >= 11 is 0. The quantitative estimate of drug-likeness (QED) is 0.146. The number of pyridine rings is 5. The minimum atomic E-state index is -0.153. The van der Waals surface area contributed by atoms with Gasteiger partial charge in [-0.05, 0) is 190 Å². The van der Waals surface area contributed by atoms with Crippen molar-refractivity contribution >= 4 is 54.3 Å². The van der Waals surface area contributed by atoms with E-state index in [2.05, 4.69) is 305 Å². The van der Waals surface area contributed by atoms with Gasteiger partial charge in [-0.15, -0.1) is 0 Å². The van der Waals surface area contributed by atoms with Crippen LogP contribution in [0.2, 0.25) is 0 Å². The number of nitrogens with zero attached hydrogens (tertiary/aromatic N) is 5. The van der Waals surface area contributed by atoms with Crippen LogP contribution in [0.4, 0.5) is 4.39 Å². The molecule has 0 N–H and O–H groups in total. The van der Waals surface area contributed by atoms with Gasteiger partial charge in [0, 0.05) is 86.6 Å². The maximum atomic E-state index is 13.8. The van der Waals surface area contributed by atoms with Gasteiger partial charge >= 0.3 is 0 Å². The number of hydrogen-bond donors (Lipinski definition) is 0. The first-order chi connectivity index (χ1) is 47.1. The lowest BCUT2D eigenvalue weighted by atomic mass is 9.96. The molecule has 0 radical (unpaired) electrons. The monoisotopic (exact) mass is 1260 g/mol. The lowest BCUT2D eigenvalue weighted by Gasteiger charge is -2.06. The van der Waals surface area contributed by atoms with E-state index in [1.54, 1.807) is 6.07 Å². The SMILES string of the molecule is Cc1c[n+]2c(c3ccccc13)-c1ccc(C(C)C)cc1C2.Cc1cc(C)c2c(c1)-c1ccc3c(C)cccc3[n+]1C2.Cc1cc2c(cc1C)-c1ccc3ccccc3[n+]1C2.Cc1ccc2c(c1)-c1ccc3c(F)cccc3[n+]1C2.Cc1ccc2c3[n+](ccc2c1)Cc1ccccc1-3. The van der Waals surface area contributed by atoms with Crippen molar-refractivity contribution < 1.29 is 27.2 Å². The lowest BCUT2D eigenvalue weighted by molar-refractivity contribution is -0.671. The molecule has 0 spiro atoms. The first kappa shape index (κ1) is 61.1. The first-order valence-electron chi connectivity index (χ1n) is 34.4. The predicted molar refractivity (Wildman–Crippen MR) is 395 cm³/mol. The number of benzene rings is 10. The highest BCUT2D eigenvalue weighted by molar-refractivity contribution is 5.97. The van der Waals surface area contributed by atoms with Crippen molar-refractivity contribution in [3.05, 3.63) is 327 Å². The second kappa shape index (κ2) is 24.4. The number of para-hydroxylation sites is 1. The van der Waals surface area contributed by atoms with E-state index in [1.807, 2.05) is 18.2 Å². The van der Waals surface area contributed by atoms with Gasteiger partial charge in [0.25, 0.3) is 0 Å². The van der Waals surface area contributed by atoms with E-state index < -0.39 is 0 Å². The third-order valence-electron chi connectivity index (χ3n) is 21.1. The topological polar surface area (TPSA) is 19.4 Å². The van der Waals surface area contributed by atoms with Crippen molar-refractivity contribution in [2.24, 2.45) is 0 Å². The molecule has 472 valence electrons. The van der Waals surface area contributed by atoms with Gasteiger partial charge < -0.3 is 0 Å². The number of hydrogen-bond acceptors (Lipinski definition) is 0. The highest BCUT2D eigenvalue weighted by atomic mass is 19.1. The summed E-state index contributed by atoms with van der Waals surface area (Å²) in [5.41, 5.74) is 36.4. The van der Waals surface area contributed by atoms with E-state index in [4.69, 9.17) is 0 Å². The third kappa shape index (κ3) is 10.8. The van der Waals surface area contributed by atoms with E-state index in [9.17, 15) is 4.39 Å². The Morgan fingerprint density at radius 1 is 0.320 bits per heavy atom. The smallest absolute Gasteiger partial charge is 0.206 e. The van der Waals surface area contributed by atoms with E-state index in [1.165, 1.54) is 184 Å². The highest BCUT2D eigenvalue weighted by Crippen LogP contribution is 2.38. The summed E-state index contributed by atoms with van der Waals surface area (Å²) in [6.07, 6.45) is 4.50. The molecule has 0 aliphatic carbocycles. The van der Waals surface area contributed by atoms with Crippen LogP contribution in [0.15, 0.2) is 243 Å². The van der Waals surface area contributed by atoms with Crippen molar-refractivity contribution in [1.29, 1.82) is 0 Å². The average Bonchev–Trinajstić information content (AvgIpc) is 1.66. The molecule has 5 aliphatic rings. The molecular weight excluding hydrogens is 1180 g/mol.